The molecule has 0 bridgehead atoms. The van der Waals surface area contributed by atoms with Gasteiger partial charge < -0.3 is 10.6 Å². The highest BCUT2D eigenvalue weighted by Crippen LogP contribution is 2.28. The molecule has 0 fully saturated rings. The van der Waals surface area contributed by atoms with Gasteiger partial charge in [-0.05, 0) is 23.9 Å². The first kappa shape index (κ1) is 17.2. The Bertz CT molecular complexity index is 675. The van der Waals surface area contributed by atoms with E-state index in [0.717, 1.165) is 11.1 Å². The van der Waals surface area contributed by atoms with E-state index < -0.39 is 0 Å². The van der Waals surface area contributed by atoms with Crippen LogP contribution in [0.15, 0.2) is 35.7 Å². The highest BCUT2D eigenvalue weighted by molar-refractivity contribution is 7.12. The van der Waals surface area contributed by atoms with Gasteiger partial charge in [-0.25, -0.2) is 0 Å². The van der Waals surface area contributed by atoms with E-state index in [4.69, 9.17) is 0 Å². The smallest absolute Gasteiger partial charge is 0.262 e. The zero-order chi connectivity index (χ0) is 16.8. The Morgan fingerprint density at radius 3 is 2.35 bits per heavy atom. The molecule has 0 saturated carbocycles. The van der Waals surface area contributed by atoms with Gasteiger partial charge in [-0.3, -0.25) is 9.59 Å². The molecule has 0 atom stereocenters. The van der Waals surface area contributed by atoms with Crippen LogP contribution in [0, 0.1) is 12.8 Å². The molecule has 1 aromatic heterocycles. The maximum absolute atomic E-state index is 12.3. The number of carbonyl (C=O) groups is 2. The first-order chi connectivity index (χ1) is 11.0. The number of thiophene rings is 1. The number of benzene rings is 1. The second-order valence-electron chi connectivity index (χ2n) is 5.73. The minimum atomic E-state index is -0.102. The standard InChI is InChI=1S/C18H22N2O2S/c1-12(2)17(21)19-9-10-20-18(22)16-15(8-11-23-16)14-6-4-13(3)5-7-14/h4-8,11-12H,9-10H2,1-3H3,(H,19,21)(H,20,22). The molecule has 4 nitrogen and oxygen atoms in total. The van der Waals surface area contributed by atoms with E-state index >= 15 is 0 Å². The van der Waals surface area contributed by atoms with Crippen molar-refractivity contribution in [3.05, 3.63) is 46.2 Å². The van der Waals surface area contributed by atoms with Crippen molar-refractivity contribution in [2.75, 3.05) is 13.1 Å². The monoisotopic (exact) mass is 330 g/mol. The van der Waals surface area contributed by atoms with Crippen LogP contribution in [0.3, 0.4) is 0 Å². The molecule has 0 aliphatic rings. The van der Waals surface area contributed by atoms with Crippen LogP contribution in [-0.4, -0.2) is 24.9 Å². The van der Waals surface area contributed by atoms with Crippen molar-refractivity contribution in [2.24, 2.45) is 5.92 Å². The molecular formula is C18H22N2O2S. The van der Waals surface area contributed by atoms with E-state index in [1.54, 1.807) is 0 Å². The molecule has 0 aliphatic carbocycles. The van der Waals surface area contributed by atoms with Gasteiger partial charge in [0.1, 0.15) is 0 Å². The van der Waals surface area contributed by atoms with Crippen molar-refractivity contribution in [2.45, 2.75) is 20.8 Å². The van der Waals surface area contributed by atoms with Gasteiger partial charge >= 0.3 is 0 Å². The molecule has 2 amide bonds. The summed E-state index contributed by atoms with van der Waals surface area (Å²) in [7, 11) is 0. The third kappa shape index (κ3) is 4.66. The number of aryl methyl sites for hydroxylation is 1. The molecule has 0 radical (unpaired) electrons. The average molecular weight is 330 g/mol. The summed E-state index contributed by atoms with van der Waals surface area (Å²) < 4.78 is 0. The zero-order valence-electron chi connectivity index (χ0n) is 13.7. The number of hydrogen-bond donors (Lipinski definition) is 2. The van der Waals surface area contributed by atoms with Gasteiger partial charge in [0.05, 0.1) is 4.88 Å². The minimum Gasteiger partial charge on any atom is -0.354 e. The Labute approximate surface area is 140 Å². The number of hydrogen-bond acceptors (Lipinski definition) is 3. The van der Waals surface area contributed by atoms with E-state index in [9.17, 15) is 9.59 Å². The second kappa shape index (κ2) is 7.92. The maximum atomic E-state index is 12.3. The largest absolute Gasteiger partial charge is 0.354 e. The quantitative estimate of drug-likeness (QED) is 0.799. The fraction of sp³-hybridized carbons (Fsp3) is 0.333. The second-order valence-corrected chi connectivity index (χ2v) is 6.65. The van der Waals surface area contributed by atoms with Crippen molar-refractivity contribution in [1.29, 1.82) is 0 Å². The highest BCUT2D eigenvalue weighted by atomic mass is 32.1. The summed E-state index contributed by atoms with van der Waals surface area (Å²) in [5.74, 6) is -0.152. The molecule has 0 unspecified atom stereocenters. The summed E-state index contributed by atoms with van der Waals surface area (Å²) >= 11 is 1.43. The molecule has 0 spiro atoms. The lowest BCUT2D eigenvalue weighted by molar-refractivity contribution is -0.123. The summed E-state index contributed by atoms with van der Waals surface area (Å²) in [5, 5.41) is 7.56. The van der Waals surface area contributed by atoms with Crippen LogP contribution in [0.5, 0.6) is 0 Å². The molecule has 0 saturated heterocycles. The van der Waals surface area contributed by atoms with Gasteiger partial charge in [0.2, 0.25) is 5.91 Å². The summed E-state index contributed by atoms with van der Waals surface area (Å²) in [5.41, 5.74) is 3.17. The van der Waals surface area contributed by atoms with Crippen LogP contribution >= 0.6 is 11.3 Å². The lowest BCUT2D eigenvalue weighted by atomic mass is 10.0. The topological polar surface area (TPSA) is 58.2 Å². The lowest BCUT2D eigenvalue weighted by Crippen LogP contribution is -2.36. The number of nitrogens with one attached hydrogen (secondary N) is 2. The minimum absolute atomic E-state index is 0.00397. The number of amides is 2. The maximum Gasteiger partial charge on any atom is 0.262 e. The van der Waals surface area contributed by atoms with Crippen molar-refractivity contribution >= 4 is 23.2 Å². The van der Waals surface area contributed by atoms with Gasteiger partial charge in [-0.1, -0.05) is 43.7 Å². The Morgan fingerprint density at radius 1 is 1.04 bits per heavy atom. The number of rotatable bonds is 6. The molecule has 2 aromatic rings. The van der Waals surface area contributed by atoms with Crippen molar-refractivity contribution < 1.29 is 9.59 Å². The van der Waals surface area contributed by atoms with Crippen molar-refractivity contribution in [3.8, 4) is 11.1 Å². The number of carbonyl (C=O) groups excluding carboxylic acids is 2. The summed E-state index contributed by atoms with van der Waals surface area (Å²) in [6, 6.07) is 10.1. The predicted molar refractivity (Wildman–Crippen MR) is 94.7 cm³/mol. The highest BCUT2D eigenvalue weighted by Gasteiger charge is 2.14. The molecule has 2 N–H and O–H groups in total. The molecule has 5 heteroatoms. The fourth-order valence-corrected chi connectivity index (χ4v) is 2.92. The molecule has 0 aliphatic heterocycles. The van der Waals surface area contributed by atoms with E-state index in [2.05, 4.69) is 10.6 Å². The molecule has 1 aromatic carbocycles. The van der Waals surface area contributed by atoms with Gasteiger partial charge in [0.15, 0.2) is 0 Å². The lowest BCUT2D eigenvalue weighted by Gasteiger charge is -2.09. The fourth-order valence-electron chi connectivity index (χ4n) is 2.09. The van der Waals surface area contributed by atoms with Crippen LogP contribution in [0.1, 0.15) is 29.1 Å². The van der Waals surface area contributed by atoms with E-state index in [-0.39, 0.29) is 17.7 Å². The van der Waals surface area contributed by atoms with Crippen LogP contribution < -0.4 is 10.6 Å². The first-order valence-electron chi connectivity index (χ1n) is 7.69. The van der Waals surface area contributed by atoms with Crippen LogP contribution in [0.2, 0.25) is 0 Å². The Balaban J connectivity index is 1.95. The molecule has 2 rings (SSSR count). The summed E-state index contributed by atoms with van der Waals surface area (Å²) in [4.78, 5) is 24.5. The van der Waals surface area contributed by atoms with Crippen LogP contribution in [0.4, 0.5) is 0 Å². The van der Waals surface area contributed by atoms with Gasteiger partial charge in [0, 0.05) is 24.6 Å². The zero-order valence-corrected chi connectivity index (χ0v) is 14.5. The van der Waals surface area contributed by atoms with Crippen LogP contribution in [-0.2, 0) is 4.79 Å². The molecule has 122 valence electrons. The molecule has 1 heterocycles. The Hall–Kier alpha value is -2.14. The predicted octanol–water partition coefficient (Wildman–Crippen LogP) is 3.23. The summed E-state index contributed by atoms with van der Waals surface area (Å²) in [6.45, 7) is 6.58. The van der Waals surface area contributed by atoms with Gasteiger partial charge in [-0.15, -0.1) is 11.3 Å². The molecular weight excluding hydrogens is 308 g/mol. The Kier molecular flexibility index (Phi) is 5.93. The van der Waals surface area contributed by atoms with E-state index in [0.29, 0.717) is 18.0 Å². The SMILES string of the molecule is Cc1ccc(-c2ccsc2C(=O)NCCNC(=O)C(C)C)cc1. The average Bonchev–Trinajstić information content (AvgIpc) is 3.01. The van der Waals surface area contributed by atoms with Gasteiger partial charge in [0.25, 0.3) is 5.91 Å². The van der Waals surface area contributed by atoms with E-state index in [1.807, 2.05) is 56.5 Å². The normalized spacial score (nSPS) is 10.6. The molecule has 23 heavy (non-hydrogen) atoms. The first-order valence-corrected chi connectivity index (χ1v) is 8.57. The van der Waals surface area contributed by atoms with E-state index in [1.165, 1.54) is 16.9 Å². The third-order valence-electron chi connectivity index (χ3n) is 3.47. The van der Waals surface area contributed by atoms with Crippen LogP contribution in [0.25, 0.3) is 11.1 Å². The van der Waals surface area contributed by atoms with Crippen molar-refractivity contribution in [3.63, 3.8) is 0 Å². The Morgan fingerprint density at radius 2 is 1.70 bits per heavy atom. The third-order valence-corrected chi connectivity index (χ3v) is 4.38. The summed E-state index contributed by atoms with van der Waals surface area (Å²) in [6.07, 6.45) is 0. The van der Waals surface area contributed by atoms with Gasteiger partial charge in [-0.2, -0.15) is 0 Å². The van der Waals surface area contributed by atoms with Crippen molar-refractivity contribution in [1.82, 2.24) is 10.6 Å².